The molecule has 2 saturated heterocycles. The molecule has 0 N–H and O–H groups in total. The standard InChI is InChI=1S/C26H44P2/c1-17(2)23-12-13-24(18(3)4)27(23)21-10-9-11-22(16-21)28-25(19(5)6)14-15-26(28)20(7)8/h9-11,16-20,23-26H,12-15H2,1-8H3/t23-,24-,25-,26-/m1/s1. The average Bonchev–Trinajstić information content (AvgIpc) is 3.26. The molecule has 158 valence electrons. The molecule has 2 aliphatic heterocycles. The van der Waals surface area contributed by atoms with Crippen LogP contribution >= 0.6 is 15.8 Å². The molecule has 0 saturated carbocycles. The molecule has 0 radical (unpaired) electrons. The normalized spacial score (nSPS) is 29.9. The van der Waals surface area contributed by atoms with Crippen molar-refractivity contribution in [3.05, 3.63) is 24.3 Å². The predicted octanol–water partition coefficient (Wildman–Crippen LogP) is 7.59. The summed E-state index contributed by atoms with van der Waals surface area (Å²) in [5.41, 5.74) is 3.71. The lowest BCUT2D eigenvalue weighted by molar-refractivity contribution is 0.543. The lowest BCUT2D eigenvalue weighted by atomic mass is 10.0. The number of hydrogen-bond acceptors (Lipinski definition) is 0. The fraction of sp³-hybridized carbons (Fsp3) is 0.769. The first-order valence-corrected chi connectivity index (χ1v) is 14.8. The van der Waals surface area contributed by atoms with Gasteiger partial charge in [0.15, 0.2) is 0 Å². The molecular weight excluding hydrogens is 374 g/mol. The Balaban J connectivity index is 1.98. The molecule has 4 atom stereocenters. The Labute approximate surface area is 178 Å². The monoisotopic (exact) mass is 418 g/mol. The highest BCUT2D eigenvalue weighted by atomic mass is 31.1. The molecule has 1 aromatic rings. The Morgan fingerprint density at radius 2 is 0.857 bits per heavy atom. The number of benzene rings is 1. The molecule has 0 nitrogen and oxygen atoms in total. The molecule has 3 rings (SSSR count). The van der Waals surface area contributed by atoms with Gasteiger partial charge in [-0.3, -0.25) is 0 Å². The third-order valence-electron chi connectivity index (χ3n) is 7.45. The van der Waals surface area contributed by atoms with Crippen LogP contribution in [0.4, 0.5) is 0 Å². The van der Waals surface area contributed by atoms with Gasteiger partial charge in [0, 0.05) is 0 Å². The van der Waals surface area contributed by atoms with E-state index in [0.29, 0.717) is 0 Å². The van der Waals surface area contributed by atoms with Gasteiger partial charge >= 0.3 is 0 Å². The van der Waals surface area contributed by atoms with E-state index in [-0.39, 0.29) is 15.8 Å². The number of hydrogen-bond donors (Lipinski definition) is 0. The van der Waals surface area contributed by atoms with Gasteiger partial charge in [-0.25, -0.2) is 0 Å². The van der Waals surface area contributed by atoms with E-state index in [2.05, 4.69) is 79.7 Å². The summed E-state index contributed by atoms with van der Waals surface area (Å²) in [5.74, 6) is 3.29. The van der Waals surface area contributed by atoms with Crippen LogP contribution in [-0.4, -0.2) is 22.6 Å². The van der Waals surface area contributed by atoms with Crippen LogP contribution in [0.15, 0.2) is 24.3 Å². The average molecular weight is 419 g/mol. The van der Waals surface area contributed by atoms with Crippen molar-refractivity contribution in [2.45, 2.75) is 104 Å². The summed E-state index contributed by atoms with van der Waals surface area (Å²) in [6.45, 7) is 19.8. The van der Waals surface area contributed by atoms with Crippen molar-refractivity contribution in [2.75, 3.05) is 0 Å². The number of rotatable bonds is 6. The zero-order valence-electron chi connectivity index (χ0n) is 19.7. The largest absolute Gasteiger partial charge is 0.0684 e. The topological polar surface area (TPSA) is 0 Å². The Morgan fingerprint density at radius 3 is 1.11 bits per heavy atom. The van der Waals surface area contributed by atoms with Crippen LogP contribution in [0.25, 0.3) is 0 Å². The molecule has 0 aromatic heterocycles. The molecule has 2 aliphatic rings. The molecule has 0 spiro atoms. The minimum atomic E-state index is -0.0254. The quantitative estimate of drug-likeness (QED) is 0.418. The van der Waals surface area contributed by atoms with Gasteiger partial charge in [-0.2, -0.15) is 0 Å². The maximum Gasteiger partial charge on any atom is -0.0143 e. The first-order chi connectivity index (χ1) is 13.2. The highest BCUT2D eigenvalue weighted by molar-refractivity contribution is 7.69. The summed E-state index contributed by atoms with van der Waals surface area (Å²) in [7, 11) is -0.0508. The highest BCUT2D eigenvalue weighted by Gasteiger charge is 2.42. The lowest BCUT2D eigenvalue weighted by Gasteiger charge is -2.34. The van der Waals surface area contributed by atoms with Gasteiger partial charge in [0.25, 0.3) is 0 Å². The first kappa shape index (κ1) is 22.8. The summed E-state index contributed by atoms with van der Waals surface area (Å²) < 4.78 is 0. The van der Waals surface area contributed by atoms with Gasteiger partial charge in [-0.15, -0.1) is 0 Å². The SMILES string of the molecule is CC(C)[C@H]1CC[C@H](C(C)C)P1c1cccc(P2[C@@H](C(C)C)CC[C@@H]2C(C)C)c1. The summed E-state index contributed by atoms with van der Waals surface area (Å²) >= 11 is 0. The second-order valence-corrected chi connectivity index (χ2v) is 16.0. The van der Waals surface area contributed by atoms with Crippen LogP contribution in [0.2, 0.25) is 0 Å². The molecular formula is C26H44P2. The Bertz CT molecular complexity index is 550. The van der Waals surface area contributed by atoms with Crippen molar-refractivity contribution in [3.63, 3.8) is 0 Å². The fourth-order valence-electron chi connectivity index (χ4n) is 5.93. The predicted molar refractivity (Wildman–Crippen MR) is 133 cm³/mol. The van der Waals surface area contributed by atoms with Crippen molar-refractivity contribution in [3.8, 4) is 0 Å². The minimum absolute atomic E-state index is 0.0254. The second kappa shape index (κ2) is 9.48. The maximum absolute atomic E-state index is 2.73. The Kier molecular flexibility index (Phi) is 7.70. The molecule has 1 aromatic carbocycles. The van der Waals surface area contributed by atoms with Crippen molar-refractivity contribution in [2.24, 2.45) is 23.7 Å². The van der Waals surface area contributed by atoms with Gasteiger partial charge in [-0.1, -0.05) is 89.4 Å². The first-order valence-electron chi connectivity index (χ1n) is 11.9. The smallest absolute Gasteiger partial charge is 0.0143 e. The maximum atomic E-state index is 2.73. The van der Waals surface area contributed by atoms with Crippen molar-refractivity contribution >= 4 is 26.5 Å². The van der Waals surface area contributed by atoms with Crippen LogP contribution in [0.3, 0.4) is 0 Å². The zero-order chi connectivity index (χ0) is 20.6. The van der Waals surface area contributed by atoms with Gasteiger partial charge in [0.05, 0.1) is 0 Å². The van der Waals surface area contributed by atoms with E-state index in [1.54, 1.807) is 10.6 Å². The molecule has 2 heteroatoms. The van der Waals surface area contributed by atoms with E-state index >= 15 is 0 Å². The molecule has 0 amide bonds. The Morgan fingerprint density at radius 1 is 0.571 bits per heavy atom. The van der Waals surface area contributed by atoms with Gasteiger partial charge in [0.2, 0.25) is 0 Å². The summed E-state index contributed by atoms with van der Waals surface area (Å²) in [5, 5.41) is 3.48. The van der Waals surface area contributed by atoms with Gasteiger partial charge in [0.1, 0.15) is 0 Å². The third-order valence-corrected chi connectivity index (χ3v) is 15.5. The highest BCUT2D eigenvalue weighted by Crippen LogP contribution is 2.61. The summed E-state index contributed by atoms with van der Waals surface area (Å²) in [6, 6.07) is 10.2. The lowest BCUT2D eigenvalue weighted by Crippen LogP contribution is -2.26. The summed E-state index contributed by atoms with van der Waals surface area (Å²) in [6.07, 6.45) is 5.81. The molecule has 0 bridgehead atoms. The van der Waals surface area contributed by atoms with Gasteiger partial charge < -0.3 is 0 Å². The van der Waals surface area contributed by atoms with E-state index < -0.39 is 0 Å². The van der Waals surface area contributed by atoms with Crippen LogP contribution in [0, 0.1) is 23.7 Å². The minimum Gasteiger partial charge on any atom is -0.0684 e. The van der Waals surface area contributed by atoms with Gasteiger partial charge in [-0.05, 0) is 88.7 Å². The van der Waals surface area contributed by atoms with Crippen LogP contribution in [-0.2, 0) is 0 Å². The van der Waals surface area contributed by atoms with E-state index in [4.69, 9.17) is 0 Å². The third kappa shape index (κ3) is 4.54. The van der Waals surface area contributed by atoms with Crippen LogP contribution in [0.5, 0.6) is 0 Å². The van der Waals surface area contributed by atoms with E-state index in [9.17, 15) is 0 Å². The summed E-state index contributed by atoms with van der Waals surface area (Å²) in [4.78, 5) is 0. The van der Waals surface area contributed by atoms with E-state index in [0.717, 1.165) is 46.3 Å². The molecule has 2 fully saturated rings. The molecule has 0 unspecified atom stereocenters. The second-order valence-electron chi connectivity index (χ2n) is 10.7. The molecule has 0 aliphatic carbocycles. The van der Waals surface area contributed by atoms with Crippen molar-refractivity contribution in [1.29, 1.82) is 0 Å². The van der Waals surface area contributed by atoms with Crippen molar-refractivity contribution in [1.82, 2.24) is 0 Å². The molecule has 28 heavy (non-hydrogen) atoms. The van der Waals surface area contributed by atoms with E-state index in [1.165, 1.54) is 25.7 Å². The fourth-order valence-corrected chi connectivity index (χ4v) is 13.9. The van der Waals surface area contributed by atoms with Crippen molar-refractivity contribution < 1.29 is 0 Å². The van der Waals surface area contributed by atoms with Crippen LogP contribution < -0.4 is 10.6 Å². The molecule has 2 heterocycles. The van der Waals surface area contributed by atoms with Crippen LogP contribution in [0.1, 0.15) is 81.1 Å². The Hall–Kier alpha value is 0.0800. The van der Waals surface area contributed by atoms with E-state index in [1.807, 2.05) is 0 Å². The zero-order valence-corrected chi connectivity index (χ0v) is 21.4.